The summed E-state index contributed by atoms with van der Waals surface area (Å²) in [5.41, 5.74) is 1.94. The van der Waals surface area contributed by atoms with Crippen molar-refractivity contribution in [3.63, 3.8) is 0 Å². The van der Waals surface area contributed by atoms with Crippen LogP contribution >= 0.6 is 19.4 Å². The second-order valence-electron chi connectivity index (χ2n) is 7.08. The second kappa shape index (κ2) is 6.05. The third-order valence-corrected chi connectivity index (χ3v) is 7.69. The van der Waals surface area contributed by atoms with Crippen LogP contribution in [0.4, 0.5) is 0 Å². The van der Waals surface area contributed by atoms with E-state index in [0.717, 1.165) is 20.9 Å². The van der Waals surface area contributed by atoms with Crippen LogP contribution in [0, 0.1) is 12.3 Å². The van der Waals surface area contributed by atoms with E-state index in [1.165, 1.54) is 0 Å². The number of benzene rings is 1. The highest BCUT2D eigenvalue weighted by Crippen LogP contribution is 2.63. The normalized spacial score (nSPS) is 28.1. The van der Waals surface area contributed by atoms with Crippen LogP contribution in [0.5, 0.6) is 0 Å². The summed E-state index contributed by atoms with van der Waals surface area (Å²) < 4.78 is 24.2. The standard InChI is InChI=1S/C17H23O4PS/c1-11-5-6-15-13(7-11)14(18)8-16(23-15)12(2)22(19)20-9-17(3,4)10-21-22/h5-7,14,18H,8-10H2,1-4H3/b16-12+. The van der Waals surface area contributed by atoms with Gasteiger partial charge >= 0.3 is 7.60 Å². The van der Waals surface area contributed by atoms with Crippen LogP contribution in [-0.4, -0.2) is 18.3 Å². The Bertz CT molecular complexity index is 697. The van der Waals surface area contributed by atoms with Gasteiger partial charge in [-0.1, -0.05) is 43.3 Å². The van der Waals surface area contributed by atoms with Gasteiger partial charge in [-0.15, -0.1) is 0 Å². The lowest BCUT2D eigenvalue weighted by atomic mass is 9.97. The number of hydrogen-bond donors (Lipinski definition) is 1. The van der Waals surface area contributed by atoms with Crippen LogP contribution in [0.25, 0.3) is 0 Å². The third-order valence-electron chi connectivity index (χ3n) is 4.20. The monoisotopic (exact) mass is 354 g/mol. The largest absolute Gasteiger partial charge is 0.388 e. The maximum Gasteiger partial charge on any atom is 0.357 e. The fourth-order valence-electron chi connectivity index (χ4n) is 2.65. The summed E-state index contributed by atoms with van der Waals surface area (Å²) in [7, 11) is -3.25. The van der Waals surface area contributed by atoms with Crippen molar-refractivity contribution in [1.82, 2.24) is 0 Å². The van der Waals surface area contributed by atoms with Crippen LogP contribution < -0.4 is 0 Å². The molecule has 126 valence electrons. The summed E-state index contributed by atoms with van der Waals surface area (Å²) in [6.45, 7) is 8.69. The molecule has 23 heavy (non-hydrogen) atoms. The lowest BCUT2D eigenvalue weighted by molar-refractivity contribution is 0.0444. The zero-order valence-corrected chi connectivity index (χ0v) is 15.7. The van der Waals surface area contributed by atoms with Crippen LogP contribution in [0.2, 0.25) is 0 Å². The molecule has 0 spiro atoms. The van der Waals surface area contributed by atoms with Crippen molar-refractivity contribution in [1.29, 1.82) is 0 Å². The molecule has 4 nitrogen and oxygen atoms in total. The molecule has 0 bridgehead atoms. The number of allylic oxidation sites excluding steroid dienone is 1. The molecule has 1 fully saturated rings. The number of rotatable bonds is 1. The lowest BCUT2D eigenvalue weighted by Gasteiger charge is -2.35. The van der Waals surface area contributed by atoms with Gasteiger partial charge in [0.2, 0.25) is 0 Å². The Balaban J connectivity index is 1.91. The fourth-order valence-corrected chi connectivity index (χ4v) is 6.12. The summed E-state index contributed by atoms with van der Waals surface area (Å²) in [5.74, 6) is 0. The molecule has 1 aromatic carbocycles. The van der Waals surface area contributed by atoms with Gasteiger partial charge < -0.3 is 14.2 Å². The number of aliphatic hydroxyl groups is 1. The molecule has 1 unspecified atom stereocenters. The predicted octanol–water partition coefficient (Wildman–Crippen LogP) is 5.02. The van der Waals surface area contributed by atoms with E-state index >= 15 is 0 Å². The van der Waals surface area contributed by atoms with E-state index in [0.29, 0.717) is 24.9 Å². The second-order valence-corrected chi connectivity index (χ2v) is 10.4. The minimum absolute atomic E-state index is 0.123. The molecule has 1 N–H and O–H groups in total. The van der Waals surface area contributed by atoms with Gasteiger partial charge in [-0.25, -0.2) is 0 Å². The molecular formula is C17H23O4PS. The summed E-state index contributed by atoms with van der Waals surface area (Å²) in [6, 6.07) is 6.04. The highest BCUT2D eigenvalue weighted by molar-refractivity contribution is 8.03. The minimum Gasteiger partial charge on any atom is -0.388 e. The van der Waals surface area contributed by atoms with Crippen molar-refractivity contribution in [2.75, 3.05) is 13.2 Å². The van der Waals surface area contributed by atoms with E-state index in [1.807, 2.05) is 39.0 Å². The SMILES string of the molecule is C/C(=C1/CC(O)c2cc(C)ccc2S1)P1(=O)OCC(C)(C)CO1. The van der Waals surface area contributed by atoms with Gasteiger partial charge in [0, 0.05) is 27.0 Å². The maximum absolute atomic E-state index is 13.0. The quantitative estimate of drug-likeness (QED) is 0.718. The Kier molecular flexibility index (Phi) is 4.54. The van der Waals surface area contributed by atoms with Crippen LogP contribution in [0.1, 0.15) is 44.4 Å². The Morgan fingerprint density at radius 3 is 2.65 bits per heavy atom. The van der Waals surface area contributed by atoms with E-state index in [-0.39, 0.29) is 5.41 Å². The Hall–Kier alpha value is -0.580. The topological polar surface area (TPSA) is 55.8 Å². The average Bonchev–Trinajstić information content (AvgIpc) is 2.50. The van der Waals surface area contributed by atoms with Crippen LogP contribution in [0.15, 0.2) is 33.3 Å². The molecule has 3 rings (SSSR count). The zero-order valence-electron chi connectivity index (χ0n) is 14.0. The van der Waals surface area contributed by atoms with E-state index in [2.05, 4.69) is 0 Å². The first-order valence-corrected chi connectivity index (χ1v) is 10.1. The highest BCUT2D eigenvalue weighted by atomic mass is 32.2. The van der Waals surface area contributed by atoms with Gasteiger partial charge in [0.25, 0.3) is 0 Å². The third kappa shape index (κ3) is 3.45. The van der Waals surface area contributed by atoms with Gasteiger partial charge in [0.15, 0.2) is 0 Å². The molecule has 1 aromatic rings. The number of aryl methyl sites for hydroxylation is 1. The maximum atomic E-state index is 13.0. The van der Waals surface area contributed by atoms with Crippen molar-refractivity contribution < 1.29 is 18.7 Å². The van der Waals surface area contributed by atoms with E-state index < -0.39 is 13.7 Å². The molecule has 6 heteroatoms. The van der Waals surface area contributed by atoms with Crippen LogP contribution in [-0.2, 0) is 13.6 Å². The Morgan fingerprint density at radius 1 is 1.35 bits per heavy atom. The molecule has 1 atom stereocenters. The fraction of sp³-hybridized carbons (Fsp3) is 0.529. The zero-order chi connectivity index (χ0) is 16.8. The van der Waals surface area contributed by atoms with E-state index in [4.69, 9.17) is 9.05 Å². The van der Waals surface area contributed by atoms with Gasteiger partial charge in [-0.3, -0.25) is 4.57 Å². The van der Waals surface area contributed by atoms with Gasteiger partial charge in [0.05, 0.1) is 19.3 Å². The van der Waals surface area contributed by atoms with Gasteiger partial charge in [0.1, 0.15) is 0 Å². The summed E-state index contributed by atoms with van der Waals surface area (Å²) in [5, 5.41) is 11.1. The molecule has 2 aliphatic heterocycles. The summed E-state index contributed by atoms with van der Waals surface area (Å²) in [6.07, 6.45) is -0.128. The van der Waals surface area contributed by atoms with Crippen LogP contribution in [0.3, 0.4) is 0 Å². The van der Waals surface area contributed by atoms with Gasteiger partial charge in [-0.2, -0.15) is 0 Å². The molecule has 2 heterocycles. The average molecular weight is 354 g/mol. The number of thioether (sulfide) groups is 1. The van der Waals surface area contributed by atoms with Crippen molar-refractivity contribution >= 4 is 19.4 Å². The van der Waals surface area contributed by atoms with E-state index in [9.17, 15) is 9.67 Å². The van der Waals surface area contributed by atoms with Crippen molar-refractivity contribution in [3.8, 4) is 0 Å². The first-order valence-electron chi connectivity index (χ1n) is 7.76. The van der Waals surface area contributed by atoms with Crippen molar-refractivity contribution in [3.05, 3.63) is 39.5 Å². The Labute approximate surface area is 141 Å². The van der Waals surface area contributed by atoms with Crippen molar-refractivity contribution in [2.24, 2.45) is 5.41 Å². The number of hydrogen-bond acceptors (Lipinski definition) is 5. The predicted molar refractivity (Wildman–Crippen MR) is 92.6 cm³/mol. The summed E-state index contributed by atoms with van der Waals surface area (Å²) >= 11 is 1.56. The smallest absolute Gasteiger partial charge is 0.357 e. The molecule has 0 aliphatic carbocycles. The minimum atomic E-state index is -3.25. The molecule has 0 amide bonds. The lowest BCUT2D eigenvalue weighted by Crippen LogP contribution is -2.29. The molecule has 2 aliphatic rings. The number of fused-ring (bicyclic) bond motifs is 1. The molecule has 0 saturated carbocycles. The summed E-state index contributed by atoms with van der Waals surface area (Å²) in [4.78, 5) is 1.89. The first kappa shape index (κ1) is 17.2. The highest BCUT2D eigenvalue weighted by Gasteiger charge is 2.40. The number of aliphatic hydroxyl groups excluding tert-OH is 1. The molecule has 0 aromatic heterocycles. The molecular weight excluding hydrogens is 331 g/mol. The molecule has 1 saturated heterocycles. The first-order chi connectivity index (χ1) is 10.7. The molecule has 0 radical (unpaired) electrons. The van der Waals surface area contributed by atoms with E-state index in [1.54, 1.807) is 18.7 Å². The Morgan fingerprint density at radius 2 is 2.00 bits per heavy atom. The van der Waals surface area contributed by atoms with Crippen molar-refractivity contribution in [2.45, 2.75) is 45.1 Å². The van der Waals surface area contributed by atoms with Gasteiger partial charge in [-0.05, 0) is 25.5 Å².